The van der Waals surface area contributed by atoms with E-state index < -0.39 is 0 Å². The van der Waals surface area contributed by atoms with Crippen LogP contribution in [-0.2, 0) is 0 Å². The molecule has 6 nitrogen and oxygen atoms in total. The highest BCUT2D eigenvalue weighted by Crippen LogP contribution is 2.24. The number of nitrogens with one attached hydrogen (secondary N) is 1. The van der Waals surface area contributed by atoms with Crippen LogP contribution in [-0.4, -0.2) is 37.3 Å². The Hall–Kier alpha value is -1.95. The topological polar surface area (TPSA) is 75.3 Å². The third kappa shape index (κ3) is 2.08. The Morgan fingerprint density at radius 3 is 3.00 bits per heavy atom. The molecule has 0 saturated carbocycles. The fourth-order valence-corrected chi connectivity index (χ4v) is 2.40. The van der Waals surface area contributed by atoms with Crippen LogP contribution in [0.4, 0.5) is 5.82 Å². The summed E-state index contributed by atoms with van der Waals surface area (Å²) < 4.78 is 1.72. The van der Waals surface area contributed by atoms with Gasteiger partial charge in [-0.1, -0.05) is 12.2 Å². The molecular formula is C13H17N5O. The molecule has 0 radical (unpaired) electrons. The zero-order valence-electron chi connectivity index (χ0n) is 11.0. The monoisotopic (exact) mass is 259 g/mol. The molecule has 0 aliphatic heterocycles. The highest BCUT2D eigenvalue weighted by Gasteiger charge is 2.20. The maximum Gasteiger partial charge on any atom is 0.254 e. The van der Waals surface area contributed by atoms with Gasteiger partial charge in [0.05, 0.1) is 0 Å². The molecule has 0 fully saturated rings. The number of rotatable bonds is 3. The minimum Gasteiger partial charge on any atom is -0.396 e. The van der Waals surface area contributed by atoms with Gasteiger partial charge in [0.25, 0.3) is 5.78 Å². The van der Waals surface area contributed by atoms with Gasteiger partial charge in [0.2, 0.25) is 0 Å². The number of fused-ring (bicyclic) bond motifs is 1. The number of aromatic nitrogens is 4. The Labute approximate surface area is 111 Å². The zero-order chi connectivity index (χ0) is 13.4. The number of aryl methyl sites for hydroxylation is 1. The van der Waals surface area contributed by atoms with Crippen molar-refractivity contribution in [3.05, 3.63) is 29.7 Å². The molecule has 2 heterocycles. The lowest BCUT2D eigenvalue weighted by molar-refractivity contribution is 0.250. The van der Waals surface area contributed by atoms with Crippen LogP contribution in [0, 0.1) is 19.8 Å². The summed E-state index contributed by atoms with van der Waals surface area (Å²) in [6.45, 7) is 4.19. The van der Waals surface area contributed by atoms with Crippen molar-refractivity contribution in [2.24, 2.45) is 5.92 Å². The molecule has 1 aliphatic rings. The van der Waals surface area contributed by atoms with E-state index in [0.29, 0.717) is 5.78 Å². The molecule has 6 heteroatoms. The second-order valence-corrected chi connectivity index (χ2v) is 4.96. The third-order valence-corrected chi connectivity index (χ3v) is 3.64. The summed E-state index contributed by atoms with van der Waals surface area (Å²) in [5.41, 5.74) is 2.02. The van der Waals surface area contributed by atoms with Crippen molar-refractivity contribution in [1.82, 2.24) is 19.6 Å². The van der Waals surface area contributed by atoms with E-state index >= 15 is 0 Å². The minimum atomic E-state index is 0.196. The largest absolute Gasteiger partial charge is 0.396 e. The van der Waals surface area contributed by atoms with Crippen molar-refractivity contribution in [2.45, 2.75) is 26.3 Å². The maximum absolute atomic E-state index is 9.17. The summed E-state index contributed by atoms with van der Waals surface area (Å²) in [7, 11) is 0. The van der Waals surface area contributed by atoms with Gasteiger partial charge in [-0.3, -0.25) is 0 Å². The first-order valence-corrected chi connectivity index (χ1v) is 6.41. The van der Waals surface area contributed by atoms with Crippen LogP contribution in [0.25, 0.3) is 5.78 Å². The van der Waals surface area contributed by atoms with Crippen molar-refractivity contribution < 1.29 is 5.11 Å². The van der Waals surface area contributed by atoms with Gasteiger partial charge in [-0.25, -0.2) is 4.98 Å². The summed E-state index contributed by atoms with van der Waals surface area (Å²) >= 11 is 0. The fraction of sp³-hybridized carbons (Fsp3) is 0.462. The number of nitrogens with zero attached hydrogens (tertiary/aromatic N) is 4. The molecule has 0 unspecified atom stereocenters. The molecule has 0 spiro atoms. The molecule has 0 amide bonds. The maximum atomic E-state index is 9.17. The van der Waals surface area contributed by atoms with Crippen LogP contribution < -0.4 is 5.32 Å². The van der Waals surface area contributed by atoms with Gasteiger partial charge in [-0.2, -0.15) is 14.6 Å². The molecule has 2 aromatic heterocycles. The number of anilines is 1. The molecule has 0 aromatic carbocycles. The van der Waals surface area contributed by atoms with Gasteiger partial charge in [-0.15, -0.1) is 0 Å². The molecule has 1 aliphatic carbocycles. The van der Waals surface area contributed by atoms with Crippen molar-refractivity contribution >= 4 is 11.6 Å². The normalized spacial score (nSPS) is 22.3. The predicted octanol–water partition coefficient (Wildman–Crippen LogP) is 1.09. The third-order valence-electron chi connectivity index (χ3n) is 3.64. The first-order chi connectivity index (χ1) is 9.19. The number of aliphatic hydroxyl groups is 1. The van der Waals surface area contributed by atoms with Crippen LogP contribution in [0.3, 0.4) is 0 Å². The van der Waals surface area contributed by atoms with E-state index in [9.17, 15) is 5.11 Å². The average molecular weight is 259 g/mol. The zero-order valence-corrected chi connectivity index (χ0v) is 11.0. The van der Waals surface area contributed by atoms with E-state index in [0.717, 1.165) is 23.5 Å². The molecule has 2 aromatic rings. The molecule has 0 bridgehead atoms. The van der Waals surface area contributed by atoms with E-state index in [1.807, 2.05) is 13.8 Å². The molecule has 100 valence electrons. The van der Waals surface area contributed by atoms with E-state index in [1.54, 1.807) is 4.52 Å². The van der Waals surface area contributed by atoms with E-state index in [-0.39, 0.29) is 18.6 Å². The molecular weight excluding hydrogens is 242 g/mol. The molecule has 0 saturated heterocycles. The Morgan fingerprint density at radius 1 is 1.42 bits per heavy atom. The quantitative estimate of drug-likeness (QED) is 0.807. The second kappa shape index (κ2) is 4.62. The van der Waals surface area contributed by atoms with Crippen LogP contribution in [0.2, 0.25) is 0 Å². The van der Waals surface area contributed by atoms with Crippen LogP contribution in [0.5, 0.6) is 0 Å². The number of hydrogen-bond donors (Lipinski definition) is 2. The first-order valence-electron chi connectivity index (χ1n) is 6.41. The Kier molecular flexibility index (Phi) is 2.94. The average Bonchev–Trinajstić information content (AvgIpc) is 3.03. The summed E-state index contributed by atoms with van der Waals surface area (Å²) in [6.07, 6.45) is 6.55. The standard InChI is InChI=1S/C13H17N5O/c1-8-9(2)16-13-14-7-15-18(13)12(8)17-11-4-3-10(5-11)6-19/h3-4,7,10-11,17,19H,5-6H2,1-2H3/t10-,11+/m0/s1. The van der Waals surface area contributed by atoms with E-state index in [2.05, 4.69) is 32.5 Å². The lowest BCUT2D eigenvalue weighted by atomic mass is 10.1. The summed E-state index contributed by atoms with van der Waals surface area (Å²) in [5.74, 6) is 1.77. The van der Waals surface area contributed by atoms with Crippen LogP contribution in [0.15, 0.2) is 18.5 Å². The van der Waals surface area contributed by atoms with Crippen LogP contribution >= 0.6 is 0 Å². The predicted molar refractivity (Wildman–Crippen MR) is 72.0 cm³/mol. The minimum absolute atomic E-state index is 0.196. The Morgan fingerprint density at radius 2 is 2.26 bits per heavy atom. The second-order valence-electron chi connectivity index (χ2n) is 4.96. The first kappa shape index (κ1) is 12.1. The lowest BCUT2D eigenvalue weighted by Gasteiger charge is -2.17. The molecule has 19 heavy (non-hydrogen) atoms. The smallest absolute Gasteiger partial charge is 0.254 e. The summed E-state index contributed by atoms with van der Waals surface area (Å²) in [4.78, 5) is 8.52. The highest BCUT2D eigenvalue weighted by atomic mass is 16.3. The van der Waals surface area contributed by atoms with Crippen LogP contribution in [0.1, 0.15) is 17.7 Å². The number of hydrogen-bond acceptors (Lipinski definition) is 5. The van der Waals surface area contributed by atoms with E-state index in [4.69, 9.17) is 0 Å². The Bertz CT molecular complexity index is 633. The van der Waals surface area contributed by atoms with E-state index in [1.165, 1.54) is 6.33 Å². The van der Waals surface area contributed by atoms with Gasteiger partial charge >= 0.3 is 0 Å². The van der Waals surface area contributed by atoms with Gasteiger partial charge in [-0.05, 0) is 20.3 Å². The van der Waals surface area contributed by atoms with Gasteiger partial charge in [0, 0.05) is 29.8 Å². The van der Waals surface area contributed by atoms with Crippen molar-refractivity contribution in [3.63, 3.8) is 0 Å². The molecule has 2 atom stereocenters. The fourth-order valence-electron chi connectivity index (χ4n) is 2.40. The van der Waals surface area contributed by atoms with Gasteiger partial charge in [0.1, 0.15) is 12.1 Å². The van der Waals surface area contributed by atoms with Gasteiger partial charge in [0.15, 0.2) is 0 Å². The van der Waals surface area contributed by atoms with Crippen molar-refractivity contribution in [3.8, 4) is 0 Å². The van der Waals surface area contributed by atoms with Crippen molar-refractivity contribution in [2.75, 3.05) is 11.9 Å². The lowest BCUT2D eigenvalue weighted by Crippen LogP contribution is -2.20. The Balaban J connectivity index is 1.94. The summed E-state index contributed by atoms with van der Waals surface area (Å²) in [5, 5.41) is 16.8. The van der Waals surface area contributed by atoms with Gasteiger partial charge < -0.3 is 10.4 Å². The summed E-state index contributed by atoms with van der Waals surface area (Å²) in [6, 6.07) is 0.213. The SMILES string of the molecule is Cc1nc2ncnn2c(N[C@@H]2C=C[C@H](CO)C2)c1C. The van der Waals surface area contributed by atoms with Crippen molar-refractivity contribution in [1.29, 1.82) is 0 Å². The molecule has 2 N–H and O–H groups in total. The number of aliphatic hydroxyl groups excluding tert-OH is 1. The molecule has 3 rings (SSSR count). The highest BCUT2D eigenvalue weighted by molar-refractivity contribution is 5.53.